The first-order valence-corrected chi connectivity index (χ1v) is 5.87. The molecule has 6 nitrogen and oxygen atoms in total. The van der Waals surface area contributed by atoms with Crippen molar-refractivity contribution in [2.75, 3.05) is 5.73 Å². The summed E-state index contributed by atoms with van der Waals surface area (Å²) < 4.78 is 7.47. The van der Waals surface area contributed by atoms with Gasteiger partial charge >= 0.3 is 0 Å². The summed E-state index contributed by atoms with van der Waals surface area (Å²) >= 11 is 0. The lowest BCUT2D eigenvalue weighted by Crippen LogP contribution is -2.07. The van der Waals surface area contributed by atoms with Crippen molar-refractivity contribution in [2.45, 2.75) is 20.5 Å². The van der Waals surface area contributed by atoms with Crippen LogP contribution < -0.4 is 10.5 Å². The number of aryl methyl sites for hydroxylation is 1. The molecule has 0 aliphatic heterocycles. The van der Waals surface area contributed by atoms with Crippen molar-refractivity contribution in [2.24, 2.45) is 7.05 Å². The van der Waals surface area contributed by atoms with Crippen molar-refractivity contribution >= 4 is 11.5 Å². The van der Waals surface area contributed by atoms with Gasteiger partial charge in [0.05, 0.1) is 5.56 Å². The average molecular weight is 260 g/mol. The largest absolute Gasteiger partial charge is 0.485 e. The highest BCUT2D eigenvalue weighted by Gasteiger charge is 2.11. The van der Waals surface area contributed by atoms with Gasteiger partial charge in [0.25, 0.3) is 0 Å². The van der Waals surface area contributed by atoms with E-state index in [2.05, 4.69) is 10.2 Å². The number of ketones is 1. The molecule has 0 aliphatic carbocycles. The molecule has 1 heterocycles. The highest BCUT2D eigenvalue weighted by Crippen LogP contribution is 2.22. The maximum absolute atomic E-state index is 11.5. The molecular formula is C13H16N4O2. The van der Waals surface area contributed by atoms with E-state index in [0.29, 0.717) is 22.8 Å². The van der Waals surface area contributed by atoms with Gasteiger partial charge in [0.15, 0.2) is 11.6 Å². The highest BCUT2D eigenvalue weighted by molar-refractivity contribution is 5.97. The zero-order chi connectivity index (χ0) is 14.0. The number of hydrogen-bond donors (Lipinski definition) is 1. The fraction of sp³-hybridized carbons (Fsp3) is 0.308. The molecule has 0 amide bonds. The van der Waals surface area contributed by atoms with Gasteiger partial charge in [-0.1, -0.05) is 0 Å². The number of nitrogens with two attached hydrogens (primary N) is 1. The number of ether oxygens (including phenoxy) is 1. The van der Waals surface area contributed by atoms with Crippen LogP contribution in [0.5, 0.6) is 5.75 Å². The van der Waals surface area contributed by atoms with Crippen LogP contribution in [-0.4, -0.2) is 20.5 Å². The summed E-state index contributed by atoms with van der Waals surface area (Å²) in [4.78, 5) is 11.5. The maximum Gasteiger partial charge on any atom is 0.170 e. The summed E-state index contributed by atoms with van der Waals surface area (Å²) in [6.45, 7) is 3.59. The molecular weight excluding hydrogens is 244 g/mol. The summed E-state index contributed by atoms with van der Waals surface area (Å²) in [5.74, 6) is 1.92. The predicted octanol–water partition coefficient (Wildman–Crippen LogP) is 1.49. The Kier molecular flexibility index (Phi) is 3.50. The summed E-state index contributed by atoms with van der Waals surface area (Å²) in [5, 5.41) is 7.95. The molecule has 100 valence electrons. The average Bonchev–Trinajstić information content (AvgIpc) is 2.68. The van der Waals surface area contributed by atoms with E-state index >= 15 is 0 Å². The van der Waals surface area contributed by atoms with Gasteiger partial charge in [0, 0.05) is 12.7 Å². The zero-order valence-corrected chi connectivity index (χ0v) is 11.2. The smallest absolute Gasteiger partial charge is 0.170 e. The van der Waals surface area contributed by atoms with Crippen molar-refractivity contribution < 1.29 is 9.53 Å². The number of anilines is 1. The molecule has 0 radical (unpaired) electrons. The quantitative estimate of drug-likeness (QED) is 0.665. The number of carbonyl (C=O) groups is 1. The van der Waals surface area contributed by atoms with Gasteiger partial charge in [-0.15, -0.1) is 10.2 Å². The second-order valence-corrected chi connectivity index (χ2v) is 4.32. The number of nitrogens with zero attached hydrogens (tertiary/aromatic N) is 3. The third-order valence-corrected chi connectivity index (χ3v) is 2.92. The van der Waals surface area contributed by atoms with E-state index in [0.717, 1.165) is 5.82 Å². The third-order valence-electron chi connectivity index (χ3n) is 2.92. The van der Waals surface area contributed by atoms with Crippen molar-refractivity contribution in [3.8, 4) is 5.75 Å². The Hall–Kier alpha value is -2.37. The van der Waals surface area contributed by atoms with E-state index in [-0.39, 0.29) is 12.4 Å². The number of aromatic nitrogens is 3. The molecule has 2 N–H and O–H groups in total. The second kappa shape index (κ2) is 5.09. The van der Waals surface area contributed by atoms with Crippen LogP contribution in [0.3, 0.4) is 0 Å². The first-order valence-electron chi connectivity index (χ1n) is 5.87. The van der Waals surface area contributed by atoms with Gasteiger partial charge in [-0.05, 0) is 32.0 Å². The minimum atomic E-state index is -0.0866. The van der Waals surface area contributed by atoms with Crippen LogP contribution in [0.1, 0.15) is 28.9 Å². The predicted molar refractivity (Wildman–Crippen MR) is 70.9 cm³/mol. The molecule has 1 aromatic heterocycles. The first kappa shape index (κ1) is 13.1. The third kappa shape index (κ3) is 2.73. The van der Waals surface area contributed by atoms with Gasteiger partial charge < -0.3 is 15.0 Å². The molecule has 1 aromatic carbocycles. The van der Waals surface area contributed by atoms with E-state index < -0.39 is 0 Å². The SMILES string of the molecule is CC(=O)c1cc(N)ccc1OCc1nnc(C)n1C. The molecule has 2 aromatic rings. The van der Waals surface area contributed by atoms with Crippen LogP contribution in [-0.2, 0) is 13.7 Å². The lowest BCUT2D eigenvalue weighted by molar-refractivity contribution is 0.101. The van der Waals surface area contributed by atoms with Crippen LogP contribution in [0.2, 0.25) is 0 Å². The van der Waals surface area contributed by atoms with Gasteiger partial charge in [-0.2, -0.15) is 0 Å². The Balaban J connectivity index is 2.20. The Morgan fingerprint density at radius 2 is 2.16 bits per heavy atom. The summed E-state index contributed by atoms with van der Waals surface area (Å²) in [7, 11) is 1.86. The molecule has 0 fully saturated rings. The zero-order valence-electron chi connectivity index (χ0n) is 11.2. The van der Waals surface area contributed by atoms with Crippen molar-refractivity contribution in [3.63, 3.8) is 0 Å². The van der Waals surface area contributed by atoms with Crippen LogP contribution in [0.15, 0.2) is 18.2 Å². The minimum Gasteiger partial charge on any atom is -0.485 e. The van der Waals surface area contributed by atoms with E-state index in [1.165, 1.54) is 6.92 Å². The van der Waals surface area contributed by atoms with Gasteiger partial charge in [-0.25, -0.2) is 0 Å². The Bertz CT molecular complexity index is 619. The number of nitrogen functional groups attached to an aromatic ring is 1. The fourth-order valence-corrected chi connectivity index (χ4v) is 1.67. The second-order valence-electron chi connectivity index (χ2n) is 4.32. The standard InChI is InChI=1S/C13H16N4O2/c1-8(18)11-6-10(14)4-5-12(11)19-7-13-16-15-9(2)17(13)3/h4-6H,7,14H2,1-3H3. The first-order chi connectivity index (χ1) is 8.99. The van der Waals surface area contributed by atoms with Crippen molar-refractivity contribution in [3.05, 3.63) is 35.4 Å². The maximum atomic E-state index is 11.5. The number of benzene rings is 1. The van der Waals surface area contributed by atoms with Gasteiger partial charge in [0.2, 0.25) is 0 Å². The van der Waals surface area contributed by atoms with E-state index in [1.54, 1.807) is 18.2 Å². The van der Waals surface area contributed by atoms with Crippen molar-refractivity contribution in [1.29, 1.82) is 0 Å². The molecule has 0 bridgehead atoms. The minimum absolute atomic E-state index is 0.0866. The Labute approximate surface area is 111 Å². The van der Waals surface area contributed by atoms with Crippen LogP contribution in [0.4, 0.5) is 5.69 Å². The monoisotopic (exact) mass is 260 g/mol. The molecule has 0 aliphatic rings. The Morgan fingerprint density at radius 1 is 1.42 bits per heavy atom. The van der Waals surface area contributed by atoms with E-state index in [9.17, 15) is 4.79 Å². The topological polar surface area (TPSA) is 83.0 Å². The molecule has 0 unspecified atom stereocenters. The van der Waals surface area contributed by atoms with Gasteiger partial charge in [0.1, 0.15) is 18.2 Å². The molecule has 2 rings (SSSR count). The Morgan fingerprint density at radius 3 is 2.74 bits per heavy atom. The fourth-order valence-electron chi connectivity index (χ4n) is 1.67. The number of hydrogen-bond acceptors (Lipinski definition) is 5. The van der Waals surface area contributed by atoms with Crippen LogP contribution in [0, 0.1) is 6.92 Å². The lowest BCUT2D eigenvalue weighted by Gasteiger charge is -2.10. The molecule has 0 saturated carbocycles. The molecule has 0 saturated heterocycles. The highest BCUT2D eigenvalue weighted by atomic mass is 16.5. The summed E-state index contributed by atoms with van der Waals surface area (Å²) in [5.41, 5.74) is 6.67. The van der Waals surface area contributed by atoms with Crippen LogP contribution >= 0.6 is 0 Å². The summed E-state index contributed by atoms with van der Waals surface area (Å²) in [6, 6.07) is 5.00. The number of carbonyl (C=O) groups excluding carboxylic acids is 1. The molecule has 19 heavy (non-hydrogen) atoms. The summed E-state index contributed by atoms with van der Waals surface area (Å²) in [6.07, 6.45) is 0. The van der Waals surface area contributed by atoms with Crippen molar-refractivity contribution in [1.82, 2.24) is 14.8 Å². The van der Waals surface area contributed by atoms with Gasteiger partial charge in [-0.3, -0.25) is 4.79 Å². The molecule has 6 heteroatoms. The normalized spacial score (nSPS) is 10.5. The van der Waals surface area contributed by atoms with Crippen LogP contribution in [0.25, 0.3) is 0 Å². The van der Waals surface area contributed by atoms with E-state index in [4.69, 9.17) is 10.5 Å². The molecule has 0 atom stereocenters. The molecule has 0 spiro atoms. The lowest BCUT2D eigenvalue weighted by atomic mass is 10.1. The van der Waals surface area contributed by atoms with E-state index in [1.807, 2.05) is 18.5 Å². The number of rotatable bonds is 4. The number of Topliss-reactive ketones (excluding diaryl/α,β-unsaturated/α-hetero) is 1.